The summed E-state index contributed by atoms with van der Waals surface area (Å²) in [5.41, 5.74) is 0. The minimum absolute atomic E-state index is 0.970. The summed E-state index contributed by atoms with van der Waals surface area (Å²) in [4.78, 5) is 0. The lowest BCUT2D eigenvalue weighted by atomic mass is 10.2. The highest BCUT2D eigenvalue weighted by atomic mass is 15.4. The fourth-order valence-corrected chi connectivity index (χ4v) is 0.979. The first kappa shape index (κ1) is 8.04. The molecule has 0 saturated heterocycles. The maximum absolute atomic E-state index is 5.42. The molecule has 0 aliphatic carbocycles. The van der Waals surface area contributed by atoms with Crippen LogP contribution < -0.4 is 10.5 Å². The molecule has 4 nitrogen and oxygen atoms in total. The molecular formula is C7H15N4+. The van der Waals surface area contributed by atoms with Crippen molar-refractivity contribution in [2.75, 3.05) is 5.84 Å². The van der Waals surface area contributed by atoms with Gasteiger partial charge in [-0.05, 0) is 6.42 Å². The number of nitrogens with two attached hydrogens (primary N) is 1. The molecule has 0 atom stereocenters. The number of hydrogen-bond acceptors (Lipinski definition) is 2. The van der Waals surface area contributed by atoms with Gasteiger partial charge in [-0.1, -0.05) is 19.8 Å². The monoisotopic (exact) mass is 155 g/mol. The van der Waals surface area contributed by atoms with Gasteiger partial charge in [-0.15, -0.1) is 9.36 Å². The van der Waals surface area contributed by atoms with Crippen molar-refractivity contribution in [2.24, 2.45) is 0 Å². The molecule has 0 unspecified atom stereocenters. The maximum Gasteiger partial charge on any atom is 0.286 e. The molecule has 0 bridgehead atoms. The van der Waals surface area contributed by atoms with Crippen LogP contribution in [-0.2, 0) is 6.54 Å². The minimum Gasteiger partial charge on any atom is -0.289 e. The second-order valence-electron chi connectivity index (χ2n) is 2.66. The third kappa shape index (κ3) is 2.57. The summed E-state index contributed by atoms with van der Waals surface area (Å²) in [5.74, 6) is 5.42. The number of hydrogen-bond donors (Lipinski definition) is 1. The Morgan fingerprint density at radius 3 is 2.91 bits per heavy atom. The van der Waals surface area contributed by atoms with Crippen molar-refractivity contribution in [2.45, 2.75) is 32.7 Å². The molecule has 4 heteroatoms. The predicted octanol–water partition coefficient (Wildman–Crippen LogP) is 0.0746. The van der Waals surface area contributed by atoms with Crippen molar-refractivity contribution in [3.8, 4) is 0 Å². The van der Waals surface area contributed by atoms with Crippen LogP contribution in [0.2, 0.25) is 0 Å². The van der Waals surface area contributed by atoms with Gasteiger partial charge in [0.2, 0.25) is 6.33 Å². The molecule has 1 rings (SSSR count). The standard InChI is InChI=1S/C7H15N4/c1-2-3-4-5-11-7-10(8)6-9-11/h6-7H,2-5,8H2,1H3/q+1. The van der Waals surface area contributed by atoms with E-state index in [-0.39, 0.29) is 0 Å². The lowest BCUT2D eigenvalue weighted by Crippen LogP contribution is -2.42. The summed E-state index contributed by atoms with van der Waals surface area (Å²) < 4.78 is 3.32. The van der Waals surface area contributed by atoms with E-state index in [1.807, 2.05) is 4.68 Å². The first-order valence-electron chi connectivity index (χ1n) is 4.01. The van der Waals surface area contributed by atoms with Gasteiger partial charge < -0.3 is 0 Å². The van der Waals surface area contributed by atoms with Crippen molar-refractivity contribution >= 4 is 0 Å². The fraction of sp³-hybridized carbons (Fsp3) is 0.714. The third-order valence-corrected chi connectivity index (χ3v) is 1.59. The van der Waals surface area contributed by atoms with Gasteiger partial charge in [0.15, 0.2) is 0 Å². The average molecular weight is 155 g/mol. The van der Waals surface area contributed by atoms with E-state index in [0.29, 0.717) is 0 Å². The van der Waals surface area contributed by atoms with E-state index in [9.17, 15) is 0 Å². The molecule has 1 aromatic heterocycles. The van der Waals surface area contributed by atoms with E-state index in [2.05, 4.69) is 12.0 Å². The molecule has 0 fully saturated rings. The van der Waals surface area contributed by atoms with Crippen LogP contribution in [0.25, 0.3) is 0 Å². The van der Waals surface area contributed by atoms with Crippen LogP contribution in [0.3, 0.4) is 0 Å². The van der Waals surface area contributed by atoms with E-state index in [0.717, 1.165) is 6.54 Å². The smallest absolute Gasteiger partial charge is 0.286 e. The average Bonchev–Trinajstić information content (AvgIpc) is 2.37. The van der Waals surface area contributed by atoms with Gasteiger partial charge in [-0.3, -0.25) is 5.84 Å². The summed E-state index contributed by atoms with van der Waals surface area (Å²) >= 11 is 0. The normalized spacial score (nSPS) is 10.3. The van der Waals surface area contributed by atoms with E-state index >= 15 is 0 Å². The van der Waals surface area contributed by atoms with Gasteiger partial charge in [0.1, 0.15) is 6.54 Å². The predicted molar refractivity (Wildman–Crippen MR) is 42.1 cm³/mol. The van der Waals surface area contributed by atoms with E-state index in [1.165, 1.54) is 23.9 Å². The Hall–Kier alpha value is -1.06. The first-order chi connectivity index (χ1) is 5.33. The van der Waals surface area contributed by atoms with Crippen LogP contribution in [-0.4, -0.2) is 9.78 Å². The van der Waals surface area contributed by atoms with Crippen molar-refractivity contribution in [3.63, 3.8) is 0 Å². The number of aromatic nitrogens is 3. The highest BCUT2D eigenvalue weighted by molar-refractivity contribution is 4.46. The molecule has 62 valence electrons. The van der Waals surface area contributed by atoms with Crippen LogP contribution in [0.4, 0.5) is 0 Å². The molecule has 0 saturated carbocycles. The lowest BCUT2D eigenvalue weighted by molar-refractivity contribution is -0.639. The van der Waals surface area contributed by atoms with Crippen LogP contribution in [0.1, 0.15) is 26.2 Å². The Balaban J connectivity index is 2.27. The number of aryl methyl sites for hydroxylation is 1. The van der Waals surface area contributed by atoms with Gasteiger partial charge >= 0.3 is 0 Å². The van der Waals surface area contributed by atoms with E-state index in [1.54, 1.807) is 12.7 Å². The topological polar surface area (TPSA) is 47.7 Å². The van der Waals surface area contributed by atoms with Gasteiger partial charge in [0.25, 0.3) is 6.33 Å². The lowest BCUT2D eigenvalue weighted by Gasteiger charge is -1.90. The Bertz CT molecular complexity index is 206. The molecule has 0 spiro atoms. The second kappa shape index (κ2) is 3.95. The quantitative estimate of drug-likeness (QED) is 0.380. The molecule has 11 heavy (non-hydrogen) atoms. The number of unbranched alkanes of at least 4 members (excludes halogenated alkanes) is 2. The summed E-state index contributed by atoms with van der Waals surface area (Å²) in [6, 6.07) is 0. The molecule has 0 aromatic carbocycles. The van der Waals surface area contributed by atoms with Crippen molar-refractivity contribution in [3.05, 3.63) is 12.7 Å². The highest BCUT2D eigenvalue weighted by Crippen LogP contribution is 1.95. The molecule has 1 heterocycles. The Kier molecular flexibility index (Phi) is 2.89. The zero-order valence-electron chi connectivity index (χ0n) is 6.90. The molecule has 0 amide bonds. The van der Waals surface area contributed by atoms with Crippen LogP contribution >= 0.6 is 0 Å². The highest BCUT2D eigenvalue weighted by Gasteiger charge is 2.00. The fourth-order valence-electron chi connectivity index (χ4n) is 0.979. The van der Waals surface area contributed by atoms with Gasteiger partial charge in [-0.2, -0.15) is 0 Å². The summed E-state index contributed by atoms with van der Waals surface area (Å²) in [6.07, 6.45) is 7.06. The number of nitrogens with zero attached hydrogens (tertiary/aromatic N) is 3. The van der Waals surface area contributed by atoms with E-state index in [4.69, 9.17) is 5.84 Å². The second-order valence-corrected chi connectivity index (χ2v) is 2.66. The maximum atomic E-state index is 5.42. The first-order valence-corrected chi connectivity index (χ1v) is 4.01. The Morgan fingerprint density at radius 1 is 1.55 bits per heavy atom. The van der Waals surface area contributed by atoms with Crippen molar-refractivity contribution in [1.82, 2.24) is 9.78 Å². The van der Waals surface area contributed by atoms with Crippen LogP contribution in [0.15, 0.2) is 12.7 Å². The zero-order chi connectivity index (χ0) is 8.10. The van der Waals surface area contributed by atoms with Gasteiger partial charge in [-0.25, -0.2) is 0 Å². The molecule has 0 radical (unpaired) electrons. The van der Waals surface area contributed by atoms with Gasteiger partial charge in [0.05, 0.1) is 0 Å². The SMILES string of the molecule is CCCCCn1c[n+](N)cn1. The molecule has 0 aliphatic heterocycles. The van der Waals surface area contributed by atoms with Crippen molar-refractivity contribution in [1.29, 1.82) is 0 Å². The Labute approximate surface area is 66.6 Å². The largest absolute Gasteiger partial charge is 0.289 e. The molecule has 1 aromatic rings. The van der Waals surface area contributed by atoms with Crippen LogP contribution in [0.5, 0.6) is 0 Å². The summed E-state index contributed by atoms with van der Waals surface area (Å²) in [5, 5.41) is 4.04. The van der Waals surface area contributed by atoms with Gasteiger partial charge in [0, 0.05) is 5.10 Å². The zero-order valence-corrected chi connectivity index (χ0v) is 6.90. The summed E-state index contributed by atoms with van der Waals surface area (Å²) in [6.45, 7) is 3.16. The summed E-state index contributed by atoms with van der Waals surface area (Å²) in [7, 11) is 0. The Morgan fingerprint density at radius 2 is 2.36 bits per heavy atom. The van der Waals surface area contributed by atoms with Crippen LogP contribution in [0, 0.1) is 0 Å². The molecule has 0 aliphatic rings. The molecule has 2 N–H and O–H groups in total. The third-order valence-electron chi connectivity index (χ3n) is 1.59. The number of rotatable bonds is 4. The van der Waals surface area contributed by atoms with E-state index < -0.39 is 0 Å². The minimum atomic E-state index is 0.970. The molecular weight excluding hydrogens is 140 g/mol. The number of nitrogen functional groups attached to an aromatic ring is 1. The van der Waals surface area contributed by atoms with Crippen molar-refractivity contribution < 1.29 is 4.68 Å².